The van der Waals surface area contributed by atoms with Crippen molar-refractivity contribution in [1.82, 2.24) is 4.98 Å². The standard InChI is InChI=1S/C12H11ClN2O/c13-11-8-14-6-5-12(11)15-7-9-1-3-10(16)4-2-9/h1-6,8,16H,7H2,(H,14,15). The first kappa shape index (κ1) is 10.8. The van der Waals surface area contributed by atoms with Crippen LogP contribution < -0.4 is 5.32 Å². The lowest BCUT2D eigenvalue weighted by Crippen LogP contribution is -1.99. The lowest BCUT2D eigenvalue weighted by Gasteiger charge is -2.07. The molecule has 82 valence electrons. The Bertz CT molecular complexity index is 471. The van der Waals surface area contributed by atoms with Gasteiger partial charge in [-0.05, 0) is 23.8 Å². The highest BCUT2D eigenvalue weighted by Crippen LogP contribution is 2.20. The van der Waals surface area contributed by atoms with Gasteiger partial charge in [-0.25, -0.2) is 0 Å². The number of rotatable bonds is 3. The Morgan fingerprint density at radius 3 is 2.62 bits per heavy atom. The maximum atomic E-state index is 9.14. The van der Waals surface area contributed by atoms with E-state index in [2.05, 4.69) is 10.3 Å². The van der Waals surface area contributed by atoms with Crippen LogP contribution in [0.4, 0.5) is 5.69 Å². The van der Waals surface area contributed by atoms with Gasteiger partial charge in [0.25, 0.3) is 0 Å². The minimum Gasteiger partial charge on any atom is -0.508 e. The molecule has 0 radical (unpaired) electrons. The van der Waals surface area contributed by atoms with E-state index < -0.39 is 0 Å². The number of hydrogen-bond acceptors (Lipinski definition) is 3. The maximum Gasteiger partial charge on any atom is 0.115 e. The number of phenolic OH excluding ortho intramolecular Hbond substituents is 1. The SMILES string of the molecule is Oc1ccc(CNc2ccncc2Cl)cc1. The third-order valence-electron chi connectivity index (χ3n) is 2.19. The summed E-state index contributed by atoms with van der Waals surface area (Å²) in [4.78, 5) is 3.91. The summed E-state index contributed by atoms with van der Waals surface area (Å²) < 4.78 is 0. The highest BCUT2D eigenvalue weighted by Gasteiger charge is 1.98. The van der Waals surface area contributed by atoms with E-state index in [-0.39, 0.29) is 5.75 Å². The molecule has 2 rings (SSSR count). The number of halogens is 1. The number of benzene rings is 1. The van der Waals surface area contributed by atoms with Gasteiger partial charge >= 0.3 is 0 Å². The minimum atomic E-state index is 0.269. The number of hydrogen-bond donors (Lipinski definition) is 2. The van der Waals surface area contributed by atoms with Gasteiger partial charge in [0.05, 0.1) is 10.7 Å². The number of aromatic nitrogens is 1. The Kier molecular flexibility index (Phi) is 3.27. The third kappa shape index (κ3) is 2.64. The molecule has 1 heterocycles. The van der Waals surface area contributed by atoms with E-state index in [1.165, 1.54) is 0 Å². The average molecular weight is 235 g/mol. The molecule has 0 amide bonds. The number of aromatic hydroxyl groups is 1. The van der Waals surface area contributed by atoms with E-state index in [4.69, 9.17) is 16.7 Å². The highest BCUT2D eigenvalue weighted by atomic mass is 35.5. The summed E-state index contributed by atoms with van der Waals surface area (Å²) >= 11 is 5.95. The molecule has 0 unspecified atom stereocenters. The monoisotopic (exact) mass is 234 g/mol. The van der Waals surface area contributed by atoms with E-state index in [9.17, 15) is 0 Å². The molecule has 4 heteroatoms. The predicted octanol–water partition coefficient (Wildman–Crippen LogP) is 3.05. The van der Waals surface area contributed by atoms with Gasteiger partial charge in [-0.15, -0.1) is 0 Å². The zero-order valence-corrected chi connectivity index (χ0v) is 9.28. The van der Waals surface area contributed by atoms with Crippen LogP contribution in [-0.2, 0) is 6.54 Å². The Hall–Kier alpha value is -1.74. The smallest absolute Gasteiger partial charge is 0.115 e. The Morgan fingerprint density at radius 1 is 1.19 bits per heavy atom. The molecule has 0 aliphatic carbocycles. The fourth-order valence-electron chi connectivity index (χ4n) is 1.33. The molecule has 0 saturated carbocycles. The van der Waals surface area contributed by atoms with Crippen LogP contribution in [0.5, 0.6) is 5.75 Å². The molecule has 0 fully saturated rings. The number of nitrogens with one attached hydrogen (secondary N) is 1. The van der Waals surface area contributed by atoms with E-state index in [1.54, 1.807) is 24.5 Å². The molecule has 2 aromatic rings. The summed E-state index contributed by atoms with van der Waals surface area (Å²) in [6.07, 6.45) is 3.28. The molecule has 16 heavy (non-hydrogen) atoms. The first-order valence-corrected chi connectivity index (χ1v) is 5.25. The van der Waals surface area contributed by atoms with E-state index in [1.807, 2.05) is 18.2 Å². The van der Waals surface area contributed by atoms with Crippen LogP contribution >= 0.6 is 11.6 Å². The van der Waals surface area contributed by atoms with Crippen molar-refractivity contribution < 1.29 is 5.11 Å². The van der Waals surface area contributed by atoms with Crippen molar-refractivity contribution in [2.45, 2.75) is 6.54 Å². The third-order valence-corrected chi connectivity index (χ3v) is 2.49. The molecular weight excluding hydrogens is 224 g/mol. The van der Waals surface area contributed by atoms with Gasteiger partial charge in [0.1, 0.15) is 5.75 Å². The lowest BCUT2D eigenvalue weighted by molar-refractivity contribution is 0.475. The predicted molar refractivity (Wildman–Crippen MR) is 64.7 cm³/mol. The molecule has 1 aromatic heterocycles. The summed E-state index contributed by atoms with van der Waals surface area (Å²) in [5, 5.41) is 12.9. The molecule has 0 spiro atoms. The van der Waals surface area contributed by atoms with Gasteiger partial charge in [0, 0.05) is 18.9 Å². The number of phenols is 1. The van der Waals surface area contributed by atoms with Crippen LogP contribution in [0.15, 0.2) is 42.7 Å². The van der Waals surface area contributed by atoms with Crippen LogP contribution in [0.25, 0.3) is 0 Å². The maximum absolute atomic E-state index is 9.14. The Morgan fingerprint density at radius 2 is 1.94 bits per heavy atom. The molecule has 0 bridgehead atoms. The quantitative estimate of drug-likeness (QED) is 0.858. The molecule has 0 aliphatic rings. The number of nitrogens with zero attached hydrogens (tertiary/aromatic N) is 1. The zero-order chi connectivity index (χ0) is 11.4. The van der Waals surface area contributed by atoms with Crippen molar-refractivity contribution >= 4 is 17.3 Å². The number of pyridine rings is 1. The van der Waals surface area contributed by atoms with E-state index in [0.717, 1.165) is 11.3 Å². The van der Waals surface area contributed by atoms with Crippen molar-refractivity contribution in [1.29, 1.82) is 0 Å². The highest BCUT2D eigenvalue weighted by molar-refractivity contribution is 6.33. The van der Waals surface area contributed by atoms with E-state index >= 15 is 0 Å². The second kappa shape index (κ2) is 4.86. The summed E-state index contributed by atoms with van der Waals surface area (Å²) in [5.74, 6) is 0.269. The van der Waals surface area contributed by atoms with Crippen LogP contribution in [0.1, 0.15) is 5.56 Å². The van der Waals surface area contributed by atoms with Crippen molar-refractivity contribution in [3.05, 3.63) is 53.3 Å². The average Bonchev–Trinajstić information content (AvgIpc) is 2.30. The Balaban J connectivity index is 2.02. The molecule has 0 atom stereocenters. The summed E-state index contributed by atoms with van der Waals surface area (Å²) in [6.45, 7) is 0.657. The fourth-order valence-corrected chi connectivity index (χ4v) is 1.52. The Labute approximate surface area is 98.7 Å². The van der Waals surface area contributed by atoms with Gasteiger partial charge in [-0.3, -0.25) is 4.98 Å². The molecule has 1 aromatic carbocycles. The van der Waals surface area contributed by atoms with Gasteiger partial charge in [0.2, 0.25) is 0 Å². The fraction of sp³-hybridized carbons (Fsp3) is 0.0833. The van der Waals surface area contributed by atoms with E-state index in [0.29, 0.717) is 11.6 Å². The topological polar surface area (TPSA) is 45.1 Å². The summed E-state index contributed by atoms with van der Waals surface area (Å²) in [5.41, 5.74) is 1.93. The van der Waals surface area contributed by atoms with Crippen molar-refractivity contribution in [2.75, 3.05) is 5.32 Å². The van der Waals surface area contributed by atoms with Crippen LogP contribution in [-0.4, -0.2) is 10.1 Å². The van der Waals surface area contributed by atoms with Gasteiger partial charge in [-0.1, -0.05) is 23.7 Å². The molecule has 0 aliphatic heterocycles. The minimum absolute atomic E-state index is 0.269. The van der Waals surface area contributed by atoms with Crippen LogP contribution in [0.3, 0.4) is 0 Å². The van der Waals surface area contributed by atoms with Gasteiger partial charge < -0.3 is 10.4 Å². The normalized spacial score (nSPS) is 10.1. The van der Waals surface area contributed by atoms with Gasteiger partial charge in [-0.2, -0.15) is 0 Å². The lowest BCUT2D eigenvalue weighted by atomic mass is 10.2. The molecule has 3 nitrogen and oxygen atoms in total. The van der Waals surface area contributed by atoms with Crippen LogP contribution in [0.2, 0.25) is 5.02 Å². The second-order valence-electron chi connectivity index (χ2n) is 3.38. The second-order valence-corrected chi connectivity index (χ2v) is 3.78. The first-order valence-electron chi connectivity index (χ1n) is 4.87. The first-order chi connectivity index (χ1) is 7.75. The van der Waals surface area contributed by atoms with Crippen molar-refractivity contribution in [3.63, 3.8) is 0 Å². The number of anilines is 1. The van der Waals surface area contributed by atoms with Gasteiger partial charge in [0.15, 0.2) is 0 Å². The zero-order valence-electron chi connectivity index (χ0n) is 8.52. The van der Waals surface area contributed by atoms with Crippen LogP contribution in [0, 0.1) is 0 Å². The summed E-state index contributed by atoms with van der Waals surface area (Å²) in [7, 11) is 0. The molecule has 0 saturated heterocycles. The summed E-state index contributed by atoms with van der Waals surface area (Å²) in [6, 6.07) is 8.86. The van der Waals surface area contributed by atoms with Crippen molar-refractivity contribution in [3.8, 4) is 5.75 Å². The molecule has 2 N–H and O–H groups in total. The largest absolute Gasteiger partial charge is 0.508 e. The van der Waals surface area contributed by atoms with Crippen molar-refractivity contribution in [2.24, 2.45) is 0 Å². The molecular formula is C12H11ClN2O.